The molecule has 0 spiro atoms. The molecule has 0 saturated carbocycles. The van der Waals surface area contributed by atoms with Crippen LogP contribution in [0.2, 0.25) is 0 Å². The molecule has 0 bridgehead atoms. The largest absolute Gasteiger partial charge is 0.359 e. The van der Waals surface area contributed by atoms with Gasteiger partial charge in [-0.15, -0.1) is 0 Å². The molecular weight excluding hydrogens is 330 g/mol. The third-order valence-corrected chi connectivity index (χ3v) is 4.07. The molecule has 1 amide bonds. The van der Waals surface area contributed by atoms with Crippen molar-refractivity contribution >= 4 is 5.91 Å². The topological polar surface area (TPSA) is 76.2 Å². The van der Waals surface area contributed by atoms with E-state index in [0.717, 1.165) is 17.8 Å². The number of hydrogen-bond acceptors (Lipinski definition) is 5. The van der Waals surface area contributed by atoms with Crippen LogP contribution in [0.5, 0.6) is 0 Å². The second-order valence-corrected chi connectivity index (χ2v) is 6.43. The molecule has 1 N–H and O–H groups in total. The van der Waals surface area contributed by atoms with Crippen molar-refractivity contribution in [2.45, 2.75) is 26.6 Å². The molecule has 0 fully saturated rings. The van der Waals surface area contributed by atoms with Gasteiger partial charge in [-0.05, 0) is 19.5 Å². The summed E-state index contributed by atoms with van der Waals surface area (Å²) in [6.45, 7) is 3.70. The molecule has 7 nitrogen and oxygen atoms in total. The first-order valence-electron chi connectivity index (χ1n) is 8.46. The van der Waals surface area contributed by atoms with Crippen molar-refractivity contribution in [3.05, 3.63) is 70.9 Å². The number of amides is 1. The van der Waals surface area contributed by atoms with Crippen LogP contribution in [0.3, 0.4) is 0 Å². The number of carbonyl (C=O) groups is 1. The Balaban J connectivity index is 1.53. The first-order valence-corrected chi connectivity index (χ1v) is 8.46. The zero-order valence-electron chi connectivity index (χ0n) is 15.3. The van der Waals surface area contributed by atoms with E-state index in [1.54, 1.807) is 10.7 Å². The third-order valence-electron chi connectivity index (χ3n) is 4.07. The highest BCUT2D eigenvalue weighted by atomic mass is 16.5. The lowest BCUT2D eigenvalue weighted by Gasteiger charge is -2.14. The molecule has 1 aromatic carbocycles. The summed E-state index contributed by atoms with van der Waals surface area (Å²) in [5, 5.41) is 11.0. The maximum absolute atomic E-state index is 12.3. The predicted octanol–water partition coefficient (Wildman–Crippen LogP) is 2.28. The molecular formula is C19H23N5O2. The molecule has 26 heavy (non-hydrogen) atoms. The quantitative estimate of drug-likeness (QED) is 0.705. The Morgan fingerprint density at radius 2 is 2.04 bits per heavy atom. The summed E-state index contributed by atoms with van der Waals surface area (Å²) in [7, 11) is 3.86. The monoisotopic (exact) mass is 353 g/mol. The van der Waals surface area contributed by atoms with Gasteiger partial charge in [-0.2, -0.15) is 5.10 Å². The molecule has 0 aliphatic rings. The van der Waals surface area contributed by atoms with Gasteiger partial charge < -0.3 is 9.84 Å². The van der Waals surface area contributed by atoms with Crippen LogP contribution in [0.1, 0.15) is 33.1 Å². The molecule has 0 radical (unpaired) electrons. The summed E-state index contributed by atoms with van der Waals surface area (Å²) in [5.74, 6) is 0.403. The van der Waals surface area contributed by atoms with Crippen molar-refractivity contribution in [1.29, 1.82) is 0 Å². The number of carbonyl (C=O) groups excluding carboxylic acids is 1. The Bertz CT molecular complexity index is 869. The fraction of sp³-hybridized carbons (Fsp3) is 0.316. The van der Waals surface area contributed by atoms with Crippen molar-refractivity contribution in [2.24, 2.45) is 7.05 Å². The average Bonchev–Trinajstić information content (AvgIpc) is 3.19. The zero-order valence-corrected chi connectivity index (χ0v) is 15.3. The van der Waals surface area contributed by atoms with Gasteiger partial charge in [0.25, 0.3) is 5.91 Å². The number of aryl methyl sites for hydroxylation is 2. The molecule has 3 rings (SSSR count). The minimum Gasteiger partial charge on any atom is -0.359 e. The van der Waals surface area contributed by atoms with E-state index in [1.165, 1.54) is 5.56 Å². The van der Waals surface area contributed by atoms with E-state index < -0.39 is 0 Å². The molecule has 0 aliphatic carbocycles. The molecule has 3 aromatic rings. The van der Waals surface area contributed by atoms with Crippen LogP contribution >= 0.6 is 0 Å². The second kappa shape index (κ2) is 7.97. The van der Waals surface area contributed by atoms with Gasteiger partial charge in [-0.3, -0.25) is 14.4 Å². The third kappa shape index (κ3) is 4.58. The van der Waals surface area contributed by atoms with Crippen LogP contribution in [-0.2, 0) is 26.7 Å². The summed E-state index contributed by atoms with van der Waals surface area (Å²) in [6.07, 6.45) is 1.89. The fourth-order valence-electron chi connectivity index (χ4n) is 2.80. The lowest BCUT2D eigenvalue weighted by molar-refractivity contribution is 0.0941. The smallest absolute Gasteiger partial charge is 0.273 e. The van der Waals surface area contributed by atoms with Crippen LogP contribution < -0.4 is 5.32 Å². The molecule has 0 saturated heterocycles. The highest BCUT2D eigenvalue weighted by molar-refractivity contribution is 5.92. The van der Waals surface area contributed by atoms with E-state index in [2.05, 4.69) is 32.6 Å². The Morgan fingerprint density at radius 1 is 1.27 bits per heavy atom. The highest BCUT2D eigenvalue weighted by Gasteiger charge is 2.14. The van der Waals surface area contributed by atoms with Crippen LogP contribution in [0, 0.1) is 6.92 Å². The predicted molar refractivity (Wildman–Crippen MR) is 97.2 cm³/mol. The Hall–Kier alpha value is -2.93. The van der Waals surface area contributed by atoms with E-state index in [-0.39, 0.29) is 11.6 Å². The fourth-order valence-corrected chi connectivity index (χ4v) is 2.80. The number of hydrogen-bond donors (Lipinski definition) is 1. The molecule has 0 unspecified atom stereocenters. The van der Waals surface area contributed by atoms with Gasteiger partial charge in [0.2, 0.25) is 0 Å². The summed E-state index contributed by atoms with van der Waals surface area (Å²) in [5.41, 5.74) is 3.39. The summed E-state index contributed by atoms with van der Waals surface area (Å²) >= 11 is 0. The van der Waals surface area contributed by atoms with E-state index in [9.17, 15) is 4.79 Å². The van der Waals surface area contributed by atoms with Gasteiger partial charge in [0, 0.05) is 38.0 Å². The summed E-state index contributed by atoms with van der Waals surface area (Å²) < 4.78 is 7.03. The Kier molecular flexibility index (Phi) is 5.48. The summed E-state index contributed by atoms with van der Waals surface area (Å²) in [6, 6.07) is 11.9. The second-order valence-electron chi connectivity index (χ2n) is 6.43. The van der Waals surface area contributed by atoms with Gasteiger partial charge >= 0.3 is 0 Å². The lowest BCUT2D eigenvalue weighted by Crippen LogP contribution is -2.23. The zero-order chi connectivity index (χ0) is 18.5. The molecule has 2 aromatic heterocycles. The van der Waals surface area contributed by atoms with E-state index in [0.29, 0.717) is 18.8 Å². The molecule has 136 valence electrons. The maximum atomic E-state index is 12.3. The lowest BCUT2D eigenvalue weighted by atomic mass is 10.2. The Labute approximate surface area is 152 Å². The minimum atomic E-state index is -0.256. The normalized spacial score (nSPS) is 11.1. The molecule has 0 aliphatic heterocycles. The number of rotatable bonds is 7. The van der Waals surface area contributed by atoms with Crippen molar-refractivity contribution in [3.63, 3.8) is 0 Å². The van der Waals surface area contributed by atoms with Crippen molar-refractivity contribution in [1.82, 2.24) is 25.2 Å². The Morgan fingerprint density at radius 3 is 2.73 bits per heavy atom. The van der Waals surface area contributed by atoms with E-state index in [4.69, 9.17) is 4.52 Å². The molecule has 2 heterocycles. The van der Waals surface area contributed by atoms with E-state index in [1.807, 2.05) is 45.4 Å². The van der Waals surface area contributed by atoms with Gasteiger partial charge in [-0.1, -0.05) is 35.5 Å². The van der Waals surface area contributed by atoms with Crippen molar-refractivity contribution in [3.8, 4) is 0 Å². The summed E-state index contributed by atoms with van der Waals surface area (Å²) in [4.78, 5) is 14.4. The maximum Gasteiger partial charge on any atom is 0.273 e. The standard InChI is InChI=1S/C19H23N5O2/c1-14-16(12-24(3)21-14)10-20-19(25)18-9-17(26-22-18)13-23(2)11-15-7-5-4-6-8-15/h4-9,12H,10-11,13H2,1-3H3,(H,20,25). The SMILES string of the molecule is Cc1nn(C)cc1CNC(=O)c1cc(CN(C)Cc2ccccc2)on1. The number of aromatic nitrogens is 3. The van der Waals surface area contributed by atoms with Gasteiger partial charge in [0.15, 0.2) is 11.5 Å². The van der Waals surface area contributed by atoms with Gasteiger partial charge in [0.05, 0.1) is 12.2 Å². The van der Waals surface area contributed by atoms with E-state index >= 15 is 0 Å². The molecule has 7 heteroatoms. The molecule has 0 atom stereocenters. The van der Waals surface area contributed by atoms with Crippen LogP contribution in [0.4, 0.5) is 0 Å². The first kappa shape index (κ1) is 17.9. The van der Waals surface area contributed by atoms with Crippen LogP contribution in [0.25, 0.3) is 0 Å². The van der Waals surface area contributed by atoms with Crippen LogP contribution in [-0.4, -0.2) is 32.8 Å². The van der Waals surface area contributed by atoms with Crippen molar-refractivity contribution < 1.29 is 9.32 Å². The van der Waals surface area contributed by atoms with Gasteiger partial charge in [0.1, 0.15) is 0 Å². The van der Waals surface area contributed by atoms with Gasteiger partial charge in [-0.25, -0.2) is 0 Å². The average molecular weight is 353 g/mol. The number of nitrogens with one attached hydrogen (secondary N) is 1. The first-order chi connectivity index (χ1) is 12.5. The number of benzene rings is 1. The van der Waals surface area contributed by atoms with Crippen LogP contribution in [0.15, 0.2) is 47.1 Å². The number of nitrogens with zero attached hydrogens (tertiary/aromatic N) is 4. The van der Waals surface area contributed by atoms with Crippen molar-refractivity contribution in [2.75, 3.05) is 7.05 Å². The highest BCUT2D eigenvalue weighted by Crippen LogP contribution is 2.10. The minimum absolute atomic E-state index is 0.256.